The second-order valence-corrected chi connectivity index (χ2v) is 10.0. The third-order valence-electron chi connectivity index (χ3n) is 6.01. The highest BCUT2D eigenvalue weighted by atomic mass is 79.9. The summed E-state index contributed by atoms with van der Waals surface area (Å²) in [5.74, 6) is -0.0446. The number of carbonyl (C=O) groups is 3. The van der Waals surface area contributed by atoms with Crippen molar-refractivity contribution in [3.8, 4) is 5.75 Å². The molecule has 1 aromatic rings. The SMILES string of the molecule is COc1cc(C(=O)N2CCCC(C(C)NC(=O)C3(C(N)=O)CCC3)C2)sc1Br. The Morgan fingerprint density at radius 3 is 2.64 bits per heavy atom. The van der Waals surface area contributed by atoms with Crippen molar-refractivity contribution < 1.29 is 19.1 Å². The largest absolute Gasteiger partial charge is 0.495 e. The van der Waals surface area contributed by atoms with Crippen LogP contribution < -0.4 is 15.8 Å². The summed E-state index contributed by atoms with van der Waals surface area (Å²) in [7, 11) is 1.57. The number of nitrogens with one attached hydrogen (secondary N) is 1. The van der Waals surface area contributed by atoms with Crippen LogP contribution in [0.15, 0.2) is 9.85 Å². The molecule has 0 aromatic carbocycles. The van der Waals surface area contributed by atoms with Gasteiger partial charge in [0.05, 0.1) is 12.0 Å². The molecule has 2 fully saturated rings. The fourth-order valence-corrected chi connectivity index (χ4v) is 5.55. The Hall–Kier alpha value is -1.61. The van der Waals surface area contributed by atoms with Crippen LogP contribution in [0.3, 0.4) is 0 Å². The van der Waals surface area contributed by atoms with Gasteiger partial charge in [0.25, 0.3) is 5.91 Å². The van der Waals surface area contributed by atoms with E-state index in [2.05, 4.69) is 21.2 Å². The molecule has 2 heterocycles. The third-order valence-corrected chi connectivity index (χ3v) is 7.78. The summed E-state index contributed by atoms with van der Waals surface area (Å²) < 4.78 is 6.04. The van der Waals surface area contributed by atoms with Crippen LogP contribution in [-0.4, -0.2) is 48.9 Å². The van der Waals surface area contributed by atoms with Gasteiger partial charge in [-0.2, -0.15) is 0 Å². The number of methoxy groups -OCH3 is 1. The number of thiophene rings is 1. The first-order valence-electron chi connectivity index (χ1n) is 9.52. The van der Waals surface area contributed by atoms with Crippen molar-refractivity contribution in [3.63, 3.8) is 0 Å². The number of amides is 3. The van der Waals surface area contributed by atoms with Crippen LogP contribution in [0.2, 0.25) is 0 Å². The summed E-state index contributed by atoms with van der Waals surface area (Å²) in [4.78, 5) is 39.7. The zero-order chi connectivity index (χ0) is 20.5. The van der Waals surface area contributed by atoms with E-state index in [-0.39, 0.29) is 23.8 Å². The molecule has 1 saturated carbocycles. The summed E-state index contributed by atoms with van der Waals surface area (Å²) in [5, 5.41) is 2.99. The van der Waals surface area contributed by atoms with E-state index in [1.54, 1.807) is 13.2 Å². The van der Waals surface area contributed by atoms with Gasteiger partial charge in [0.2, 0.25) is 11.8 Å². The number of nitrogens with zero attached hydrogens (tertiary/aromatic N) is 1. The topological polar surface area (TPSA) is 102 Å². The highest BCUT2D eigenvalue weighted by Gasteiger charge is 2.50. The van der Waals surface area contributed by atoms with E-state index in [9.17, 15) is 14.4 Å². The molecule has 7 nitrogen and oxygen atoms in total. The maximum atomic E-state index is 12.9. The van der Waals surface area contributed by atoms with E-state index in [0.717, 1.165) is 23.0 Å². The minimum Gasteiger partial charge on any atom is -0.495 e. The fraction of sp³-hybridized carbons (Fsp3) is 0.632. The lowest BCUT2D eigenvalue weighted by molar-refractivity contribution is -0.148. The van der Waals surface area contributed by atoms with Gasteiger partial charge < -0.3 is 20.7 Å². The average Bonchev–Trinajstić information content (AvgIpc) is 3.00. The Bertz CT molecular complexity index is 777. The van der Waals surface area contributed by atoms with Crippen molar-refractivity contribution in [3.05, 3.63) is 14.7 Å². The van der Waals surface area contributed by atoms with Gasteiger partial charge in [-0.1, -0.05) is 6.42 Å². The van der Waals surface area contributed by atoms with E-state index >= 15 is 0 Å². The smallest absolute Gasteiger partial charge is 0.264 e. The number of nitrogens with two attached hydrogens (primary N) is 1. The van der Waals surface area contributed by atoms with Crippen LogP contribution in [0.5, 0.6) is 5.75 Å². The maximum Gasteiger partial charge on any atom is 0.264 e. The molecule has 3 amide bonds. The number of piperidine rings is 1. The average molecular weight is 472 g/mol. The first-order valence-corrected chi connectivity index (χ1v) is 11.1. The number of carbonyl (C=O) groups excluding carboxylic acids is 3. The third kappa shape index (κ3) is 3.91. The standard InChI is InChI=1S/C19H26BrN3O4S/c1-11(22-18(26)19(17(21)25)6-4-7-19)12-5-3-8-23(10-12)16(24)14-9-13(27-2)15(20)28-14/h9,11-12H,3-8,10H2,1-2H3,(H2,21,25)(H,22,26). The quantitative estimate of drug-likeness (QED) is 0.622. The molecular weight excluding hydrogens is 446 g/mol. The number of primary amides is 1. The first kappa shape index (κ1) is 21.1. The molecule has 1 saturated heterocycles. The molecule has 1 aromatic heterocycles. The lowest BCUT2D eigenvalue weighted by Crippen LogP contribution is -2.57. The van der Waals surface area contributed by atoms with Crippen molar-refractivity contribution in [2.45, 2.75) is 45.1 Å². The second-order valence-electron chi connectivity index (χ2n) is 7.67. The normalized spacial score (nSPS) is 22.1. The highest BCUT2D eigenvalue weighted by molar-refractivity contribution is 9.11. The second kappa shape index (κ2) is 8.41. The molecule has 28 heavy (non-hydrogen) atoms. The van der Waals surface area contributed by atoms with Gasteiger partial charge in [-0.25, -0.2) is 0 Å². The van der Waals surface area contributed by atoms with Crippen LogP contribution >= 0.6 is 27.3 Å². The van der Waals surface area contributed by atoms with Gasteiger partial charge in [-0.05, 0) is 54.5 Å². The number of hydrogen-bond acceptors (Lipinski definition) is 5. The lowest BCUT2D eigenvalue weighted by Gasteiger charge is -2.40. The lowest BCUT2D eigenvalue weighted by atomic mass is 9.67. The number of halogens is 1. The van der Waals surface area contributed by atoms with Gasteiger partial charge in [0.15, 0.2) is 0 Å². The van der Waals surface area contributed by atoms with Crippen molar-refractivity contribution in [2.24, 2.45) is 17.1 Å². The summed E-state index contributed by atoms with van der Waals surface area (Å²) in [6, 6.07) is 1.61. The molecule has 154 valence electrons. The molecule has 2 atom stereocenters. The highest BCUT2D eigenvalue weighted by Crippen LogP contribution is 2.41. The molecule has 1 aliphatic heterocycles. The van der Waals surface area contributed by atoms with Crippen LogP contribution in [0.4, 0.5) is 0 Å². The van der Waals surface area contributed by atoms with Crippen molar-refractivity contribution >= 4 is 45.0 Å². The number of rotatable bonds is 6. The van der Waals surface area contributed by atoms with E-state index in [4.69, 9.17) is 10.5 Å². The minimum absolute atomic E-state index is 0.0233. The maximum absolute atomic E-state index is 12.9. The molecule has 0 bridgehead atoms. The van der Waals surface area contributed by atoms with E-state index in [1.807, 2.05) is 11.8 Å². The molecule has 3 N–H and O–H groups in total. The van der Waals surface area contributed by atoms with Crippen molar-refractivity contribution in [1.29, 1.82) is 0 Å². The molecule has 0 radical (unpaired) electrons. The van der Waals surface area contributed by atoms with Crippen LogP contribution in [-0.2, 0) is 9.59 Å². The Balaban J connectivity index is 1.63. The molecular formula is C19H26BrN3O4S. The van der Waals surface area contributed by atoms with E-state index in [1.165, 1.54) is 11.3 Å². The van der Waals surface area contributed by atoms with Crippen LogP contribution in [0.25, 0.3) is 0 Å². The van der Waals surface area contributed by atoms with Gasteiger partial charge in [-0.15, -0.1) is 11.3 Å². The fourth-order valence-electron chi connectivity index (χ4n) is 3.93. The predicted octanol–water partition coefficient (Wildman–Crippen LogP) is 2.53. The summed E-state index contributed by atoms with van der Waals surface area (Å²) in [6.07, 6.45) is 3.68. The van der Waals surface area contributed by atoms with E-state index in [0.29, 0.717) is 36.6 Å². The van der Waals surface area contributed by atoms with Gasteiger partial charge >= 0.3 is 0 Å². The monoisotopic (exact) mass is 471 g/mol. The van der Waals surface area contributed by atoms with Crippen molar-refractivity contribution in [2.75, 3.05) is 20.2 Å². The van der Waals surface area contributed by atoms with E-state index < -0.39 is 11.3 Å². The zero-order valence-corrected chi connectivity index (χ0v) is 18.5. The Kier molecular flexibility index (Phi) is 6.34. The first-order chi connectivity index (χ1) is 13.3. The molecule has 2 unspecified atom stereocenters. The number of hydrogen-bond donors (Lipinski definition) is 2. The molecule has 9 heteroatoms. The minimum atomic E-state index is -1.04. The van der Waals surface area contributed by atoms with Crippen LogP contribution in [0.1, 0.15) is 48.7 Å². The Morgan fingerprint density at radius 2 is 2.11 bits per heavy atom. The number of likely N-dealkylation sites (tertiary alicyclic amines) is 1. The van der Waals surface area contributed by atoms with Gasteiger partial charge in [0, 0.05) is 25.2 Å². The number of ether oxygens (including phenoxy) is 1. The predicted molar refractivity (Wildman–Crippen MR) is 110 cm³/mol. The summed E-state index contributed by atoms with van der Waals surface area (Å²) in [6.45, 7) is 3.20. The van der Waals surface area contributed by atoms with Gasteiger partial charge in [0.1, 0.15) is 15.0 Å². The Labute approximate surface area is 177 Å². The van der Waals surface area contributed by atoms with Gasteiger partial charge in [-0.3, -0.25) is 14.4 Å². The van der Waals surface area contributed by atoms with Crippen molar-refractivity contribution in [1.82, 2.24) is 10.2 Å². The zero-order valence-electron chi connectivity index (χ0n) is 16.1. The molecule has 1 aliphatic carbocycles. The Morgan fingerprint density at radius 1 is 1.39 bits per heavy atom. The van der Waals surface area contributed by atoms with Crippen LogP contribution in [0, 0.1) is 11.3 Å². The molecule has 3 rings (SSSR count). The molecule has 0 spiro atoms. The summed E-state index contributed by atoms with van der Waals surface area (Å²) in [5.41, 5.74) is 4.43. The molecule has 2 aliphatic rings. The summed E-state index contributed by atoms with van der Waals surface area (Å²) >= 11 is 4.77.